The van der Waals surface area contributed by atoms with Gasteiger partial charge in [-0.15, -0.1) is 12.4 Å². The van der Waals surface area contributed by atoms with E-state index >= 15 is 0 Å². The van der Waals surface area contributed by atoms with Gasteiger partial charge >= 0.3 is 0 Å². The Morgan fingerprint density at radius 2 is 1.86 bits per heavy atom. The first-order chi connectivity index (χ1) is 10.0. The zero-order valence-electron chi connectivity index (χ0n) is 12.7. The molecule has 2 aromatic rings. The Bertz CT molecular complexity index is 710. The third-order valence-electron chi connectivity index (χ3n) is 3.92. The van der Waals surface area contributed by atoms with E-state index in [2.05, 4.69) is 15.5 Å². The molecule has 0 atom stereocenters. The maximum Gasteiger partial charge on any atom is 0.272 e. The van der Waals surface area contributed by atoms with E-state index in [1.54, 1.807) is 24.3 Å². The molecule has 0 unspecified atom stereocenters. The molecule has 0 saturated heterocycles. The van der Waals surface area contributed by atoms with Gasteiger partial charge in [0.15, 0.2) is 5.69 Å². The van der Waals surface area contributed by atoms with E-state index in [0.29, 0.717) is 17.3 Å². The monoisotopic (exact) mass is 324 g/mol. The van der Waals surface area contributed by atoms with Gasteiger partial charge in [-0.2, -0.15) is 5.10 Å². The summed E-state index contributed by atoms with van der Waals surface area (Å²) in [6.45, 7) is 4.35. The van der Waals surface area contributed by atoms with Gasteiger partial charge in [-0.3, -0.25) is 9.59 Å². The summed E-state index contributed by atoms with van der Waals surface area (Å²) in [5, 5.41) is 10.0. The van der Waals surface area contributed by atoms with E-state index in [1.807, 2.05) is 13.8 Å². The van der Waals surface area contributed by atoms with Crippen molar-refractivity contribution in [3.8, 4) is 0 Å². The van der Waals surface area contributed by atoms with E-state index < -0.39 is 5.54 Å². The Morgan fingerprint density at radius 3 is 2.45 bits per heavy atom. The van der Waals surface area contributed by atoms with Crippen LogP contribution in [0.25, 0.3) is 10.8 Å². The molecular formula is C15H21ClN4O2. The first-order valence-electron chi connectivity index (χ1n) is 7.05. The Morgan fingerprint density at radius 1 is 1.27 bits per heavy atom. The first kappa shape index (κ1) is 18.1. The minimum Gasteiger partial charge on any atom is -0.349 e. The van der Waals surface area contributed by atoms with Crippen LogP contribution < -0.4 is 16.6 Å². The highest BCUT2D eigenvalue weighted by molar-refractivity contribution is 6.04. The summed E-state index contributed by atoms with van der Waals surface area (Å²) >= 11 is 0. The number of hydrogen-bond acceptors (Lipinski definition) is 4. The normalized spacial score (nSPS) is 11.0. The van der Waals surface area contributed by atoms with Crippen LogP contribution in [0.2, 0.25) is 0 Å². The molecule has 4 N–H and O–H groups in total. The van der Waals surface area contributed by atoms with Crippen LogP contribution >= 0.6 is 12.4 Å². The van der Waals surface area contributed by atoms with Crippen LogP contribution in [-0.4, -0.2) is 28.2 Å². The number of carbonyl (C=O) groups is 1. The van der Waals surface area contributed by atoms with Gasteiger partial charge in [-0.05, 0) is 18.9 Å². The Kier molecular flexibility index (Phi) is 6.08. The Hall–Kier alpha value is -1.92. The quantitative estimate of drug-likeness (QED) is 0.777. The molecule has 7 heteroatoms. The molecule has 0 fully saturated rings. The summed E-state index contributed by atoms with van der Waals surface area (Å²) in [5.74, 6) is -0.334. The Balaban J connectivity index is 0.00000242. The second-order valence-corrected chi connectivity index (χ2v) is 5.20. The summed E-state index contributed by atoms with van der Waals surface area (Å²) in [7, 11) is 0. The SMILES string of the molecule is CCC(N)(CC)CNC(=O)c1n[nH]c(=O)c2ccccc12.Cl. The average molecular weight is 325 g/mol. The van der Waals surface area contributed by atoms with Crippen LogP contribution in [-0.2, 0) is 0 Å². The van der Waals surface area contributed by atoms with Crippen LogP contribution in [0.4, 0.5) is 0 Å². The number of hydrogen-bond donors (Lipinski definition) is 3. The highest BCUT2D eigenvalue weighted by Crippen LogP contribution is 2.13. The van der Waals surface area contributed by atoms with Crippen molar-refractivity contribution in [1.29, 1.82) is 0 Å². The molecule has 0 aliphatic carbocycles. The molecule has 120 valence electrons. The molecule has 1 amide bonds. The summed E-state index contributed by atoms with van der Waals surface area (Å²) in [6, 6.07) is 6.89. The molecule has 0 spiro atoms. The van der Waals surface area contributed by atoms with Gasteiger partial charge in [0.1, 0.15) is 0 Å². The molecule has 22 heavy (non-hydrogen) atoms. The molecule has 0 aliphatic rings. The number of benzene rings is 1. The fourth-order valence-electron chi connectivity index (χ4n) is 2.13. The molecule has 0 radical (unpaired) electrons. The number of nitrogens with zero attached hydrogens (tertiary/aromatic N) is 1. The van der Waals surface area contributed by atoms with Gasteiger partial charge in [-0.1, -0.05) is 32.0 Å². The lowest BCUT2D eigenvalue weighted by Crippen LogP contribution is -2.49. The fraction of sp³-hybridized carbons (Fsp3) is 0.400. The summed E-state index contributed by atoms with van der Waals surface area (Å²) < 4.78 is 0. The van der Waals surface area contributed by atoms with Crippen molar-refractivity contribution in [2.75, 3.05) is 6.54 Å². The van der Waals surface area contributed by atoms with Gasteiger partial charge in [0.05, 0.1) is 5.39 Å². The van der Waals surface area contributed by atoms with Crippen LogP contribution in [0.5, 0.6) is 0 Å². The highest BCUT2D eigenvalue weighted by Gasteiger charge is 2.22. The minimum absolute atomic E-state index is 0. The number of carbonyl (C=O) groups excluding carboxylic acids is 1. The standard InChI is InChI=1S/C15H20N4O2.ClH/c1-3-15(16,4-2)9-17-14(21)12-10-7-5-6-8-11(10)13(20)19-18-12;/h5-8H,3-4,9,16H2,1-2H3,(H,17,21)(H,19,20);1H. The number of nitrogens with two attached hydrogens (primary N) is 1. The zero-order chi connectivity index (χ0) is 15.5. The predicted molar refractivity (Wildman–Crippen MR) is 89.4 cm³/mol. The van der Waals surface area contributed by atoms with Gasteiger partial charge < -0.3 is 11.1 Å². The smallest absolute Gasteiger partial charge is 0.272 e. The second-order valence-electron chi connectivity index (χ2n) is 5.20. The van der Waals surface area contributed by atoms with Crippen LogP contribution in [0.3, 0.4) is 0 Å². The number of nitrogens with one attached hydrogen (secondary N) is 2. The van der Waals surface area contributed by atoms with Crippen molar-refractivity contribution >= 4 is 29.1 Å². The van der Waals surface area contributed by atoms with Crippen molar-refractivity contribution in [2.24, 2.45) is 5.73 Å². The van der Waals surface area contributed by atoms with Gasteiger partial charge in [0.25, 0.3) is 11.5 Å². The maximum absolute atomic E-state index is 12.3. The number of fused-ring (bicyclic) bond motifs is 1. The minimum atomic E-state index is -0.423. The van der Waals surface area contributed by atoms with E-state index in [9.17, 15) is 9.59 Å². The van der Waals surface area contributed by atoms with E-state index in [4.69, 9.17) is 5.73 Å². The number of halogens is 1. The fourth-order valence-corrected chi connectivity index (χ4v) is 2.13. The number of rotatable bonds is 5. The molecule has 1 heterocycles. The lowest BCUT2D eigenvalue weighted by Gasteiger charge is -2.26. The van der Waals surface area contributed by atoms with Crippen molar-refractivity contribution in [3.05, 3.63) is 40.3 Å². The number of amides is 1. The topological polar surface area (TPSA) is 101 Å². The second kappa shape index (κ2) is 7.38. The van der Waals surface area contributed by atoms with Crippen molar-refractivity contribution < 1.29 is 4.79 Å². The Labute approximate surface area is 134 Å². The molecule has 0 bridgehead atoms. The summed E-state index contributed by atoms with van der Waals surface area (Å²) in [5.41, 5.74) is 5.64. The lowest BCUT2D eigenvalue weighted by molar-refractivity contribution is 0.0938. The molecule has 1 aromatic carbocycles. The van der Waals surface area contributed by atoms with Crippen LogP contribution in [0.1, 0.15) is 37.2 Å². The predicted octanol–water partition coefficient (Wildman–Crippen LogP) is 1.59. The molecule has 1 aromatic heterocycles. The van der Waals surface area contributed by atoms with Gasteiger partial charge in [-0.25, -0.2) is 5.10 Å². The van der Waals surface area contributed by atoms with E-state index in [-0.39, 0.29) is 29.6 Å². The third-order valence-corrected chi connectivity index (χ3v) is 3.92. The summed E-state index contributed by atoms with van der Waals surface area (Å²) in [4.78, 5) is 24.0. The third kappa shape index (κ3) is 3.64. The molecule has 6 nitrogen and oxygen atoms in total. The zero-order valence-corrected chi connectivity index (χ0v) is 13.5. The number of aromatic amines is 1. The highest BCUT2D eigenvalue weighted by atomic mass is 35.5. The molecular weight excluding hydrogens is 304 g/mol. The largest absolute Gasteiger partial charge is 0.349 e. The number of H-pyrrole nitrogens is 1. The first-order valence-corrected chi connectivity index (χ1v) is 7.05. The average Bonchev–Trinajstić information content (AvgIpc) is 2.53. The summed E-state index contributed by atoms with van der Waals surface area (Å²) in [6.07, 6.45) is 1.53. The van der Waals surface area contributed by atoms with E-state index in [0.717, 1.165) is 12.8 Å². The molecule has 0 saturated carbocycles. The van der Waals surface area contributed by atoms with Gasteiger partial charge in [0.2, 0.25) is 0 Å². The van der Waals surface area contributed by atoms with Crippen LogP contribution in [0, 0.1) is 0 Å². The molecule has 0 aliphatic heterocycles. The van der Waals surface area contributed by atoms with Crippen molar-refractivity contribution in [3.63, 3.8) is 0 Å². The van der Waals surface area contributed by atoms with Gasteiger partial charge in [0, 0.05) is 17.5 Å². The van der Waals surface area contributed by atoms with Crippen molar-refractivity contribution in [1.82, 2.24) is 15.5 Å². The lowest BCUT2D eigenvalue weighted by atomic mass is 9.94. The van der Waals surface area contributed by atoms with Crippen LogP contribution in [0.15, 0.2) is 29.1 Å². The van der Waals surface area contributed by atoms with Crippen molar-refractivity contribution in [2.45, 2.75) is 32.2 Å². The van der Waals surface area contributed by atoms with E-state index in [1.165, 1.54) is 0 Å². The maximum atomic E-state index is 12.3. The number of aromatic nitrogens is 2. The molecule has 2 rings (SSSR count).